The first-order chi connectivity index (χ1) is 10.3. The quantitative estimate of drug-likeness (QED) is 0.361. The molecular formula is C20H23N. The van der Waals surface area contributed by atoms with Crippen LogP contribution in [0, 0.1) is 0 Å². The van der Waals surface area contributed by atoms with E-state index >= 15 is 0 Å². The van der Waals surface area contributed by atoms with Gasteiger partial charge in [-0.25, -0.2) is 0 Å². The normalized spacial score (nSPS) is 11.3. The summed E-state index contributed by atoms with van der Waals surface area (Å²) in [7, 11) is 0. The van der Waals surface area contributed by atoms with Crippen molar-refractivity contribution in [2.75, 3.05) is 5.73 Å². The lowest BCUT2D eigenvalue weighted by molar-refractivity contribution is 0.667. The maximum Gasteiger partial charge on any atom is 0.0320 e. The highest BCUT2D eigenvalue weighted by molar-refractivity contribution is 5.99. The molecule has 0 aromatic heterocycles. The Morgan fingerprint density at radius 3 is 2.24 bits per heavy atom. The maximum absolute atomic E-state index is 5.89. The first-order valence-corrected chi connectivity index (χ1v) is 7.98. The molecule has 1 nitrogen and oxygen atoms in total. The SMILES string of the molecule is CCCCCCc1ccc2cc3ccc(N)cc3cc2c1. The van der Waals surface area contributed by atoms with Crippen molar-refractivity contribution in [1.29, 1.82) is 0 Å². The third-order valence-corrected chi connectivity index (χ3v) is 4.20. The third kappa shape index (κ3) is 3.18. The van der Waals surface area contributed by atoms with Gasteiger partial charge in [-0.1, -0.05) is 50.5 Å². The zero-order chi connectivity index (χ0) is 14.7. The number of hydrogen-bond donors (Lipinski definition) is 1. The van der Waals surface area contributed by atoms with Crippen molar-refractivity contribution in [2.45, 2.75) is 39.0 Å². The highest BCUT2D eigenvalue weighted by Gasteiger charge is 2.01. The lowest BCUT2D eigenvalue weighted by Gasteiger charge is -2.06. The zero-order valence-corrected chi connectivity index (χ0v) is 12.7. The van der Waals surface area contributed by atoms with Crippen molar-refractivity contribution in [3.05, 3.63) is 54.1 Å². The minimum atomic E-state index is 0.831. The maximum atomic E-state index is 5.89. The molecule has 0 aliphatic rings. The van der Waals surface area contributed by atoms with Gasteiger partial charge in [0.25, 0.3) is 0 Å². The fourth-order valence-electron chi connectivity index (χ4n) is 2.98. The molecule has 108 valence electrons. The van der Waals surface area contributed by atoms with E-state index in [9.17, 15) is 0 Å². The summed E-state index contributed by atoms with van der Waals surface area (Å²) in [6.07, 6.45) is 6.45. The summed E-state index contributed by atoms with van der Waals surface area (Å²) in [5.41, 5.74) is 8.17. The number of aryl methyl sites for hydroxylation is 1. The summed E-state index contributed by atoms with van der Waals surface area (Å²) in [4.78, 5) is 0. The van der Waals surface area contributed by atoms with Gasteiger partial charge in [0.2, 0.25) is 0 Å². The molecule has 1 heteroatoms. The van der Waals surface area contributed by atoms with E-state index in [0.29, 0.717) is 0 Å². The van der Waals surface area contributed by atoms with Gasteiger partial charge in [0.15, 0.2) is 0 Å². The molecule has 0 spiro atoms. The lowest BCUT2D eigenvalue weighted by atomic mass is 9.99. The van der Waals surface area contributed by atoms with Gasteiger partial charge in [0.1, 0.15) is 0 Å². The summed E-state index contributed by atoms with van der Waals surface area (Å²) >= 11 is 0. The number of anilines is 1. The molecule has 0 atom stereocenters. The highest BCUT2D eigenvalue weighted by atomic mass is 14.5. The Morgan fingerprint density at radius 2 is 1.43 bits per heavy atom. The molecule has 2 N–H and O–H groups in total. The average Bonchev–Trinajstić information content (AvgIpc) is 2.49. The second-order valence-corrected chi connectivity index (χ2v) is 5.95. The van der Waals surface area contributed by atoms with Crippen molar-refractivity contribution >= 4 is 27.2 Å². The number of nitrogen functional groups attached to an aromatic ring is 1. The summed E-state index contributed by atoms with van der Waals surface area (Å²) in [6.45, 7) is 2.26. The predicted molar refractivity (Wildman–Crippen MR) is 93.7 cm³/mol. The van der Waals surface area contributed by atoms with Crippen molar-refractivity contribution in [2.24, 2.45) is 0 Å². The fraction of sp³-hybridized carbons (Fsp3) is 0.300. The monoisotopic (exact) mass is 277 g/mol. The Hall–Kier alpha value is -2.02. The van der Waals surface area contributed by atoms with E-state index in [0.717, 1.165) is 5.69 Å². The van der Waals surface area contributed by atoms with E-state index < -0.39 is 0 Å². The van der Waals surface area contributed by atoms with Gasteiger partial charge >= 0.3 is 0 Å². The Balaban J connectivity index is 1.90. The van der Waals surface area contributed by atoms with Crippen molar-refractivity contribution in [3.63, 3.8) is 0 Å². The summed E-state index contributed by atoms with van der Waals surface area (Å²) in [5.74, 6) is 0. The molecule has 0 saturated carbocycles. The summed E-state index contributed by atoms with van der Waals surface area (Å²) in [5, 5.41) is 5.11. The van der Waals surface area contributed by atoms with Gasteiger partial charge in [-0.3, -0.25) is 0 Å². The lowest BCUT2D eigenvalue weighted by Crippen LogP contribution is -1.87. The van der Waals surface area contributed by atoms with Gasteiger partial charge in [-0.05, 0) is 64.2 Å². The van der Waals surface area contributed by atoms with E-state index in [-0.39, 0.29) is 0 Å². The van der Waals surface area contributed by atoms with Crippen molar-refractivity contribution in [1.82, 2.24) is 0 Å². The van der Waals surface area contributed by atoms with Crippen LogP contribution >= 0.6 is 0 Å². The molecular weight excluding hydrogens is 254 g/mol. The number of nitrogens with two attached hydrogens (primary N) is 1. The molecule has 0 unspecified atom stereocenters. The van der Waals surface area contributed by atoms with E-state index in [1.54, 1.807) is 0 Å². The van der Waals surface area contributed by atoms with Gasteiger partial charge in [-0.15, -0.1) is 0 Å². The van der Waals surface area contributed by atoms with Crippen LogP contribution in [0.2, 0.25) is 0 Å². The minimum absolute atomic E-state index is 0.831. The summed E-state index contributed by atoms with van der Waals surface area (Å²) < 4.78 is 0. The molecule has 3 rings (SSSR count). The molecule has 0 bridgehead atoms. The fourth-order valence-corrected chi connectivity index (χ4v) is 2.98. The zero-order valence-electron chi connectivity index (χ0n) is 12.7. The molecule has 0 radical (unpaired) electrons. The van der Waals surface area contributed by atoms with Crippen molar-refractivity contribution < 1.29 is 0 Å². The Bertz CT molecular complexity index is 758. The minimum Gasteiger partial charge on any atom is -0.399 e. The molecule has 0 fully saturated rings. The molecule has 0 aliphatic heterocycles. The second kappa shape index (κ2) is 6.17. The smallest absolute Gasteiger partial charge is 0.0320 e. The molecule has 3 aromatic carbocycles. The van der Waals surface area contributed by atoms with Crippen LogP contribution in [0.4, 0.5) is 5.69 Å². The van der Waals surface area contributed by atoms with Gasteiger partial charge in [0.05, 0.1) is 0 Å². The van der Waals surface area contributed by atoms with E-state index in [4.69, 9.17) is 5.73 Å². The standard InChI is InChI=1S/C20H23N/c1-2-3-4-5-6-15-7-8-16-12-17-9-10-20(21)14-19(17)13-18(16)11-15/h7-14H,2-6,21H2,1H3. The van der Waals surface area contributed by atoms with E-state index in [1.165, 1.54) is 59.2 Å². The Morgan fingerprint density at radius 1 is 0.714 bits per heavy atom. The molecule has 0 heterocycles. The number of unbranched alkanes of at least 4 members (excludes halogenated alkanes) is 3. The first kappa shape index (κ1) is 13.9. The molecule has 0 saturated heterocycles. The van der Waals surface area contributed by atoms with Gasteiger partial charge < -0.3 is 5.73 Å². The molecule has 0 aliphatic carbocycles. The largest absolute Gasteiger partial charge is 0.399 e. The number of rotatable bonds is 5. The number of benzene rings is 3. The Kier molecular flexibility index (Phi) is 4.10. The van der Waals surface area contributed by atoms with Gasteiger partial charge in [-0.2, -0.15) is 0 Å². The molecule has 21 heavy (non-hydrogen) atoms. The predicted octanol–water partition coefficient (Wildman–Crippen LogP) is 5.70. The molecule has 3 aromatic rings. The van der Waals surface area contributed by atoms with Crippen LogP contribution in [-0.4, -0.2) is 0 Å². The van der Waals surface area contributed by atoms with Crippen LogP contribution in [0.5, 0.6) is 0 Å². The van der Waals surface area contributed by atoms with Crippen LogP contribution in [0.1, 0.15) is 38.2 Å². The average molecular weight is 277 g/mol. The third-order valence-electron chi connectivity index (χ3n) is 4.20. The van der Waals surface area contributed by atoms with Crippen LogP contribution in [-0.2, 0) is 6.42 Å². The number of fused-ring (bicyclic) bond motifs is 2. The van der Waals surface area contributed by atoms with Gasteiger partial charge in [0, 0.05) is 5.69 Å². The van der Waals surface area contributed by atoms with Crippen LogP contribution in [0.3, 0.4) is 0 Å². The highest BCUT2D eigenvalue weighted by Crippen LogP contribution is 2.25. The van der Waals surface area contributed by atoms with Crippen LogP contribution in [0.15, 0.2) is 48.5 Å². The summed E-state index contributed by atoms with van der Waals surface area (Å²) in [6, 6.07) is 17.5. The Labute approximate surface area is 126 Å². The second-order valence-electron chi connectivity index (χ2n) is 5.95. The van der Waals surface area contributed by atoms with E-state index in [1.807, 2.05) is 6.07 Å². The molecule has 0 amide bonds. The first-order valence-electron chi connectivity index (χ1n) is 7.98. The van der Waals surface area contributed by atoms with Crippen LogP contribution in [0.25, 0.3) is 21.5 Å². The number of hydrogen-bond acceptors (Lipinski definition) is 1. The van der Waals surface area contributed by atoms with Crippen molar-refractivity contribution in [3.8, 4) is 0 Å². The topological polar surface area (TPSA) is 26.0 Å². The van der Waals surface area contributed by atoms with Crippen LogP contribution < -0.4 is 5.73 Å². The van der Waals surface area contributed by atoms with E-state index in [2.05, 4.69) is 49.4 Å².